The van der Waals surface area contributed by atoms with Crippen LogP contribution < -0.4 is 0 Å². The first-order chi connectivity index (χ1) is 3.00. The summed E-state index contributed by atoms with van der Waals surface area (Å²) in [4.78, 5) is 0. The Morgan fingerprint density at radius 3 is 2.50 bits per heavy atom. The van der Waals surface area contributed by atoms with Crippen LogP contribution in [0.15, 0.2) is 0 Å². The van der Waals surface area contributed by atoms with E-state index in [1.54, 1.807) is 0 Å². The van der Waals surface area contributed by atoms with E-state index in [9.17, 15) is 0 Å². The molecule has 0 aliphatic heterocycles. The summed E-state index contributed by atoms with van der Waals surface area (Å²) in [7, 11) is 0. The molecule has 0 atom stereocenters. The number of hydrogen-bond acceptors (Lipinski definition) is 0. The average Bonchev–Trinajstić information content (AvgIpc) is 1.72. The van der Waals surface area contributed by atoms with Gasteiger partial charge in [-0.3, -0.25) is 0 Å². The van der Waals surface area contributed by atoms with E-state index in [0.717, 1.165) is 6.42 Å². The SMILES string of the molecule is C1#C[CH]CC#C1. The third-order valence-corrected chi connectivity index (χ3v) is 0.529. The van der Waals surface area contributed by atoms with Gasteiger partial charge in [0.2, 0.25) is 0 Å². The second kappa shape index (κ2) is 1.53. The molecule has 0 saturated heterocycles. The van der Waals surface area contributed by atoms with Crippen LogP contribution >= 0.6 is 0 Å². The molecule has 0 spiro atoms. The highest BCUT2D eigenvalue weighted by atomic mass is 13.8. The van der Waals surface area contributed by atoms with Crippen LogP contribution in [-0.2, 0) is 0 Å². The lowest BCUT2D eigenvalue weighted by atomic mass is 10.3. The van der Waals surface area contributed by atoms with Gasteiger partial charge in [-0.05, 0) is 11.8 Å². The Labute approximate surface area is 37.6 Å². The minimum absolute atomic E-state index is 0.840. The van der Waals surface area contributed by atoms with E-state index < -0.39 is 0 Å². The zero-order chi connectivity index (χ0) is 4.24. The molecule has 0 aromatic carbocycles. The first kappa shape index (κ1) is 3.32. The lowest BCUT2D eigenvalue weighted by Crippen LogP contribution is -1.70. The summed E-state index contributed by atoms with van der Waals surface area (Å²) in [5.41, 5.74) is 0. The van der Waals surface area contributed by atoms with Gasteiger partial charge >= 0.3 is 0 Å². The van der Waals surface area contributed by atoms with Crippen LogP contribution in [-0.4, -0.2) is 0 Å². The van der Waals surface area contributed by atoms with Crippen molar-refractivity contribution in [2.24, 2.45) is 0 Å². The van der Waals surface area contributed by atoms with Crippen molar-refractivity contribution in [2.45, 2.75) is 6.42 Å². The van der Waals surface area contributed by atoms with Crippen molar-refractivity contribution in [3.8, 4) is 23.7 Å². The van der Waals surface area contributed by atoms with Crippen LogP contribution in [0, 0.1) is 30.1 Å². The van der Waals surface area contributed by atoms with Gasteiger partial charge in [-0.1, -0.05) is 11.8 Å². The van der Waals surface area contributed by atoms with E-state index in [-0.39, 0.29) is 0 Å². The highest BCUT2D eigenvalue weighted by Gasteiger charge is 1.75. The quantitative estimate of drug-likeness (QED) is 0.370. The Balaban J connectivity index is 2.67. The fourth-order valence-corrected chi connectivity index (χ4v) is 0.284. The second-order valence-electron chi connectivity index (χ2n) is 0.979. The van der Waals surface area contributed by atoms with E-state index in [0.29, 0.717) is 0 Å². The number of rotatable bonds is 0. The first-order valence-electron chi connectivity index (χ1n) is 1.80. The van der Waals surface area contributed by atoms with Gasteiger partial charge in [0.05, 0.1) is 0 Å². The van der Waals surface area contributed by atoms with Gasteiger partial charge in [-0.25, -0.2) is 0 Å². The Kier molecular flexibility index (Phi) is 0.845. The van der Waals surface area contributed by atoms with E-state index in [2.05, 4.69) is 23.7 Å². The molecule has 1 aliphatic carbocycles. The van der Waals surface area contributed by atoms with Gasteiger partial charge in [0.1, 0.15) is 0 Å². The maximum atomic E-state index is 2.81. The molecule has 0 heteroatoms. The fraction of sp³-hybridized carbons (Fsp3) is 0.167. The molecule has 0 aromatic heterocycles. The maximum absolute atomic E-state index is 2.81. The zero-order valence-electron chi connectivity index (χ0n) is 3.28. The molecule has 1 radical (unpaired) electrons. The lowest BCUT2D eigenvalue weighted by molar-refractivity contribution is 1.37. The normalized spacial score (nSPS) is 13.3. The Hall–Kier alpha value is -0.880. The van der Waals surface area contributed by atoms with Crippen molar-refractivity contribution in [1.82, 2.24) is 0 Å². The molecular weight excluding hydrogens is 72.1 g/mol. The molecule has 0 amide bonds. The fourth-order valence-electron chi connectivity index (χ4n) is 0.284. The molecule has 1 aliphatic rings. The van der Waals surface area contributed by atoms with Gasteiger partial charge < -0.3 is 0 Å². The van der Waals surface area contributed by atoms with Crippen molar-refractivity contribution in [1.29, 1.82) is 0 Å². The van der Waals surface area contributed by atoms with Crippen molar-refractivity contribution >= 4 is 0 Å². The largest absolute Gasteiger partial charge is 0.0878 e. The molecule has 6 heavy (non-hydrogen) atoms. The summed E-state index contributed by atoms with van der Waals surface area (Å²) in [6, 6.07) is 0. The molecule has 0 saturated carbocycles. The molecule has 27 valence electrons. The standard InChI is InChI=1S/C6H3/c1-2-4-6-5-3-1/h1H,2H2. The third-order valence-electron chi connectivity index (χ3n) is 0.529. The van der Waals surface area contributed by atoms with Gasteiger partial charge in [-0.2, -0.15) is 0 Å². The molecule has 1 rings (SSSR count). The monoisotopic (exact) mass is 75.0 g/mol. The predicted octanol–water partition coefficient (Wildman–Crippen LogP) is 0.601. The minimum Gasteiger partial charge on any atom is -0.0878 e. The molecule has 0 fully saturated rings. The van der Waals surface area contributed by atoms with E-state index >= 15 is 0 Å². The molecule has 0 N–H and O–H groups in total. The maximum Gasteiger partial charge on any atom is 0.0469 e. The van der Waals surface area contributed by atoms with Gasteiger partial charge in [0.25, 0.3) is 0 Å². The Morgan fingerprint density at radius 2 is 2.33 bits per heavy atom. The van der Waals surface area contributed by atoms with Crippen molar-refractivity contribution < 1.29 is 0 Å². The highest BCUT2D eigenvalue weighted by Crippen LogP contribution is 1.82. The van der Waals surface area contributed by atoms with Crippen LogP contribution in [0.2, 0.25) is 0 Å². The summed E-state index contributed by atoms with van der Waals surface area (Å²) in [6.07, 6.45) is 2.70. The summed E-state index contributed by atoms with van der Waals surface area (Å²) in [6.45, 7) is 0. The van der Waals surface area contributed by atoms with Crippen LogP contribution in [0.25, 0.3) is 0 Å². The average molecular weight is 75.1 g/mol. The zero-order valence-corrected chi connectivity index (χ0v) is 3.28. The second-order valence-corrected chi connectivity index (χ2v) is 0.979. The summed E-state index contributed by atoms with van der Waals surface area (Å²) in [5, 5.41) is 0. The summed E-state index contributed by atoms with van der Waals surface area (Å²) < 4.78 is 0. The van der Waals surface area contributed by atoms with Crippen LogP contribution in [0.4, 0.5) is 0 Å². The minimum atomic E-state index is 0.840. The molecule has 0 bridgehead atoms. The van der Waals surface area contributed by atoms with Gasteiger partial charge in [-0.15, -0.1) is 0 Å². The Bertz CT molecular complexity index is 124. The van der Waals surface area contributed by atoms with E-state index in [1.165, 1.54) is 0 Å². The van der Waals surface area contributed by atoms with E-state index in [1.807, 2.05) is 6.42 Å². The lowest BCUT2D eigenvalue weighted by Gasteiger charge is -1.77. The van der Waals surface area contributed by atoms with Crippen molar-refractivity contribution in [2.75, 3.05) is 0 Å². The van der Waals surface area contributed by atoms with Gasteiger partial charge in [0.15, 0.2) is 0 Å². The summed E-state index contributed by atoms with van der Waals surface area (Å²) >= 11 is 0. The van der Waals surface area contributed by atoms with Crippen molar-refractivity contribution in [3.63, 3.8) is 0 Å². The summed E-state index contributed by atoms with van der Waals surface area (Å²) in [5.74, 6) is 10.8. The molecule has 0 unspecified atom stereocenters. The van der Waals surface area contributed by atoms with Crippen LogP contribution in [0.3, 0.4) is 0 Å². The Morgan fingerprint density at radius 1 is 1.33 bits per heavy atom. The highest BCUT2D eigenvalue weighted by molar-refractivity contribution is 5.34. The molecule has 0 heterocycles. The van der Waals surface area contributed by atoms with Gasteiger partial charge in [0, 0.05) is 12.8 Å². The topological polar surface area (TPSA) is 0 Å². The third kappa shape index (κ3) is 0.535. The smallest absolute Gasteiger partial charge is 0.0469 e. The van der Waals surface area contributed by atoms with Crippen LogP contribution in [0.1, 0.15) is 6.42 Å². The molecule has 0 nitrogen and oxygen atoms in total. The van der Waals surface area contributed by atoms with Crippen LogP contribution in [0.5, 0.6) is 0 Å². The van der Waals surface area contributed by atoms with Crippen molar-refractivity contribution in [3.05, 3.63) is 6.42 Å². The van der Waals surface area contributed by atoms with E-state index in [4.69, 9.17) is 0 Å². The molecule has 0 aromatic rings. The number of hydrogen-bond donors (Lipinski definition) is 0. The first-order valence-corrected chi connectivity index (χ1v) is 1.80. The predicted molar refractivity (Wildman–Crippen MR) is 24.5 cm³/mol. The molecular formula is C6H3.